The lowest BCUT2D eigenvalue weighted by molar-refractivity contribution is -0.0694. The van der Waals surface area contributed by atoms with Gasteiger partial charge in [0, 0.05) is 29.4 Å². The van der Waals surface area contributed by atoms with Gasteiger partial charge in [0.2, 0.25) is 0 Å². The monoisotopic (exact) mass is 343 g/mol. The van der Waals surface area contributed by atoms with Crippen molar-refractivity contribution in [2.45, 2.75) is 37.8 Å². The number of hydrogen-bond donors (Lipinski definition) is 1. The zero-order chi connectivity index (χ0) is 16.4. The van der Waals surface area contributed by atoms with Gasteiger partial charge in [-0.05, 0) is 37.1 Å². The quantitative estimate of drug-likeness (QED) is 0.897. The molecule has 2 heterocycles. The minimum absolute atomic E-state index is 0.0165. The first kappa shape index (κ1) is 15.6. The number of anilines is 1. The van der Waals surface area contributed by atoms with E-state index in [0.717, 1.165) is 29.1 Å². The van der Waals surface area contributed by atoms with Crippen molar-refractivity contribution in [1.29, 1.82) is 0 Å². The lowest BCUT2D eigenvalue weighted by Crippen LogP contribution is -2.55. The number of fused-ring (bicyclic) bond motifs is 1. The van der Waals surface area contributed by atoms with Crippen LogP contribution in [0.2, 0.25) is 0 Å². The molecule has 24 heavy (non-hydrogen) atoms. The number of thiazole rings is 1. The van der Waals surface area contributed by atoms with Crippen LogP contribution in [-0.2, 0) is 4.74 Å². The van der Waals surface area contributed by atoms with E-state index in [1.54, 1.807) is 17.5 Å². The molecule has 0 spiro atoms. The maximum absolute atomic E-state index is 12.7. The van der Waals surface area contributed by atoms with Crippen LogP contribution in [0.1, 0.15) is 25.7 Å². The fraction of sp³-hybridized carbons (Fsp3) is 0.444. The summed E-state index contributed by atoms with van der Waals surface area (Å²) in [5.74, 6) is 0. The maximum Gasteiger partial charge on any atom is 0.322 e. The molecule has 4 rings (SSSR count). The molecule has 0 radical (unpaired) electrons. The normalized spacial score (nSPS) is 23.6. The third-order valence-electron chi connectivity index (χ3n) is 4.81. The second kappa shape index (κ2) is 6.91. The van der Waals surface area contributed by atoms with Crippen LogP contribution in [0, 0.1) is 0 Å². The van der Waals surface area contributed by atoms with Gasteiger partial charge in [0.05, 0.1) is 18.8 Å². The van der Waals surface area contributed by atoms with Crippen molar-refractivity contribution < 1.29 is 9.53 Å². The van der Waals surface area contributed by atoms with Gasteiger partial charge in [-0.3, -0.25) is 0 Å². The standard InChI is InChI=1S/C18H21N3O2S/c22-18(21-10-11-23-16-4-2-1-3-15(16)21)20-14-7-5-13(6-8-14)17-19-9-12-24-17/h5-9,12,15-16H,1-4,10-11H2,(H,20,22)/t15-,16-/m0/s1. The van der Waals surface area contributed by atoms with E-state index in [9.17, 15) is 4.79 Å². The van der Waals surface area contributed by atoms with Crippen molar-refractivity contribution in [3.05, 3.63) is 35.8 Å². The highest BCUT2D eigenvalue weighted by Crippen LogP contribution is 2.29. The SMILES string of the molecule is O=C(Nc1ccc(-c2nccs2)cc1)N1CCO[C@H]2CCCC[C@@H]21. The van der Waals surface area contributed by atoms with E-state index in [4.69, 9.17) is 4.74 Å². The van der Waals surface area contributed by atoms with E-state index in [1.807, 2.05) is 34.5 Å². The van der Waals surface area contributed by atoms with Gasteiger partial charge in [-0.1, -0.05) is 12.8 Å². The van der Waals surface area contributed by atoms with Gasteiger partial charge >= 0.3 is 6.03 Å². The van der Waals surface area contributed by atoms with E-state index in [2.05, 4.69) is 10.3 Å². The third-order valence-corrected chi connectivity index (χ3v) is 5.63. The molecule has 0 bridgehead atoms. The Hall–Kier alpha value is -1.92. The van der Waals surface area contributed by atoms with Gasteiger partial charge in [0.1, 0.15) is 5.01 Å². The fourth-order valence-electron chi connectivity index (χ4n) is 3.61. The second-order valence-corrected chi connectivity index (χ2v) is 7.19. The van der Waals surface area contributed by atoms with Crippen LogP contribution in [0.3, 0.4) is 0 Å². The van der Waals surface area contributed by atoms with E-state index < -0.39 is 0 Å². The number of carbonyl (C=O) groups excluding carboxylic acids is 1. The summed E-state index contributed by atoms with van der Waals surface area (Å²) >= 11 is 1.61. The van der Waals surface area contributed by atoms with Crippen LogP contribution in [-0.4, -0.2) is 41.2 Å². The topological polar surface area (TPSA) is 54.5 Å². The van der Waals surface area contributed by atoms with Crippen molar-refractivity contribution in [2.24, 2.45) is 0 Å². The molecule has 0 unspecified atom stereocenters. The molecule has 1 aliphatic heterocycles. The molecule has 2 amide bonds. The number of nitrogens with zero attached hydrogens (tertiary/aromatic N) is 2. The van der Waals surface area contributed by atoms with Gasteiger partial charge < -0.3 is 15.0 Å². The minimum Gasteiger partial charge on any atom is -0.374 e. The van der Waals surface area contributed by atoms with Gasteiger partial charge in [-0.2, -0.15) is 0 Å². The summed E-state index contributed by atoms with van der Waals surface area (Å²) in [7, 11) is 0. The van der Waals surface area contributed by atoms with Gasteiger partial charge in [-0.25, -0.2) is 9.78 Å². The molecule has 6 heteroatoms. The van der Waals surface area contributed by atoms with E-state index in [1.165, 1.54) is 12.8 Å². The molecule has 1 saturated heterocycles. The Bertz CT molecular complexity index is 685. The average molecular weight is 343 g/mol. The molecule has 5 nitrogen and oxygen atoms in total. The first-order chi connectivity index (χ1) is 11.8. The fourth-order valence-corrected chi connectivity index (χ4v) is 4.25. The second-order valence-electron chi connectivity index (χ2n) is 6.30. The highest BCUT2D eigenvalue weighted by molar-refractivity contribution is 7.13. The van der Waals surface area contributed by atoms with Crippen LogP contribution in [0.4, 0.5) is 10.5 Å². The Balaban J connectivity index is 1.43. The smallest absolute Gasteiger partial charge is 0.322 e. The molecule has 2 fully saturated rings. The molecular formula is C18H21N3O2S. The van der Waals surface area contributed by atoms with Crippen LogP contribution in [0.15, 0.2) is 35.8 Å². The maximum atomic E-state index is 12.7. The molecule has 126 valence electrons. The largest absolute Gasteiger partial charge is 0.374 e. The summed E-state index contributed by atoms with van der Waals surface area (Å²) in [4.78, 5) is 19.0. The molecule has 1 N–H and O–H groups in total. The Morgan fingerprint density at radius 3 is 2.88 bits per heavy atom. The molecule has 1 saturated carbocycles. The lowest BCUT2D eigenvalue weighted by Gasteiger charge is -2.43. The molecule has 2 aliphatic rings. The molecule has 2 aromatic rings. The lowest BCUT2D eigenvalue weighted by atomic mass is 9.90. The van der Waals surface area contributed by atoms with Crippen LogP contribution < -0.4 is 5.32 Å². The average Bonchev–Trinajstić information content (AvgIpc) is 3.16. The van der Waals surface area contributed by atoms with Crippen molar-refractivity contribution in [1.82, 2.24) is 9.88 Å². The van der Waals surface area contributed by atoms with Crippen molar-refractivity contribution >= 4 is 23.1 Å². The number of rotatable bonds is 2. The zero-order valence-electron chi connectivity index (χ0n) is 13.5. The number of ether oxygens (including phenoxy) is 1. The Morgan fingerprint density at radius 1 is 1.25 bits per heavy atom. The number of hydrogen-bond acceptors (Lipinski definition) is 4. The summed E-state index contributed by atoms with van der Waals surface area (Å²) in [6.45, 7) is 1.31. The summed E-state index contributed by atoms with van der Waals surface area (Å²) < 4.78 is 5.84. The molecule has 1 aromatic heterocycles. The Morgan fingerprint density at radius 2 is 2.08 bits per heavy atom. The summed E-state index contributed by atoms with van der Waals surface area (Å²) in [5.41, 5.74) is 1.89. The number of carbonyl (C=O) groups is 1. The van der Waals surface area contributed by atoms with Crippen LogP contribution in [0.5, 0.6) is 0 Å². The number of nitrogens with one attached hydrogen (secondary N) is 1. The summed E-state index contributed by atoms with van der Waals surface area (Å²) in [5, 5.41) is 5.99. The predicted molar refractivity (Wildman–Crippen MR) is 95.3 cm³/mol. The summed E-state index contributed by atoms with van der Waals surface area (Å²) in [6, 6.07) is 8.08. The van der Waals surface area contributed by atoms with Crippen molar-refractivity contribution in [2.75, 3.05) is 18.5 Å². The third kappa shape index (κ3) is 3.16. The number of amides is 2. The van der Waals surface area contributed by atoms with Crippen molar-refractivity contribution in [3.8, 4) is 10.6 Å². The Kier molecular flexibility index (Phi) is 4.49. The first-order valence-corrected chi connectivity index (χ1v) is 9.38. The van der Waals surface area contributed by atoms with Gasteiger partial charge in [0.25, 0.3) is 0 Å². The number of urea groups is 1. The number of morpholine rings is 1. The van der Waals surface area contributed by atoms with Gasteiger partial charge in [-0.15, -0.1) is 11.3 Å². The molecular weight excluding hydrogens is 322 g/mol. The van der Waals surface area contributed by atoms with Crippen LogP contribution >= 0.6 is 11.3 Å². The summed E-state index contributed by atoms with van der Waals surface area (Å²) in [6.07, 6.45) is 6.50. The minimum atomic E-state index is -0.0165. The van der Waals surface area contributed by atoms with Gasteiger partial charge in [0.15, 0.2) is 0 Å². The van der Waals surface area contributed by atoms with E-state index >= 15 is 0 Å². The number of aromatic nitrogens is 1. The van der Waals surface area contributed by atoms with E-state index in [0.29, 0.717) is 13.2 Å². The Labute approximate surface area is 145 Å². The van der Waals surface area contributed by atoms with Crippen molar-refractivity contribution in [3.63, 3.8) is 0 Å². The molecule has 1 aromatic carbocycles. The van der Waals surface area contributed by atoms with E-state index in [-0.39, 0.29) is 18.2 Å². The predicted octanol–water partition coefficient (Wildman–Crippen LogP) is 3.99. The zero-order valence-corrected chi connectivity index (χ0v) is 14.3. The number of benzene rings is 1. The highest BCUT2D eigenvalue weighted by atomic mass is 32.1. The first-order valence-electron chi connectivity index (χ1n) is 8.50. The molecule has 2 atom stereocenters. The molecule has 1 aliphatic carbocycles. The van der Waals surface area contributed by atoms with Crippen LogP contribution in [0.25, 0.3) is 10.6 Å². The highest BCUT2D eigenvalue weighted by Gasteiger charge is 2.36.